The van der Waals surface area contributed by atoms with E-state index in [-0.39, 0.29) is 10.6 Å². The molecule has 0 aliphatic heterocycles. The predicted octanol–water partition coefficient (Wildman–Crippen LogP) is 4.96. The lowest BCUT2D eigenvalue weighted by molar-refractivity contribution is -0.140. The van der Waals surface area contributed by atoms with Gasteiger partial charge in [-0.3, -0.25) is 4.79 Å². The quantitative estimate of drug-likeness (QED) is 0.383. The summed E-state index contributed by atoms with van der Waals surface area (Å²) < 4.78 is 34.3. The van der Waals surface area contributed by atoms with Gasteiger partial charge in [0.1, 0.15) is 4.21 Å². The van der Waals surface area contributed by atoms with Crippen LogP contribution >= 0.6 is 11.3 Å². The number of fused-ring (bicyclic) bond motifs is 1. The van der Waals surface area contributed by atoms with Gasteiger partial charge in [-0.05, 0) is 62.2 Å². The molecule has 0 radical (unpaired) electrons. The van der Waals surface area contributed by atoms with E-state index in [0.717, 1.165) is 33.4 Å². The van der Waals surface area contributed by atoms with Crippen molar-refractivity contribution in [3.63, 3.8) is 0 Å². The largest absolute Gasteiger partial charge is 0.481 e. The number of carboxylic acid groups (broad SMARTS) is 1. The average molecular weight is 479 g/mol. The van der Waals surface area contributed by atoms with Gasteiger partial charge in [-0.15, -0.1) is 11.3 Å². The molecule has 0 amide bonds. The maximum atomic E-state index is 13.0. The summed E-state index contributed by atoms with van der Waals surface area (Å²) in [5, 5.41) is 10.5. The minimum absolute atomic E-state index is 0.0446. The third-order valence-electron chi connectivity index (χ3n) is 5.33. The second-order valence-corrected chi connectivity index (χ2v) is 11.4. The van der Waals surface area contributed by atoms with Crippen molar-refractivity contribution >= 4 is 38.0 Å². The number of hydrogen-bond acceptors (Lipinski definition) is 4. The summed E-state index contributed by atoms with van der Waals surface area (Å²) in [7, 11) is -3.82. The summed E-state index contributed by atoms with van der Waals surface area (Å²) in [4.78, 5) is 15.6. The van der Waals surface area contributed by atoms with Crippen molar-refractivity contribution < 1.29 is 19.7 Å². The molecule has 168 valence electrons. The first-order valence-corrected chi connectivity index (χ1v) is 12.8. The maximum absolute atomic E-state index is 13.0. The normalized spacial score (nSPS) is 12.7. The molecule has 7 heteroatoms. The van der Waals surface area contributed by atoms with Crippen LogP contribution in [-0.2, 0) is 21.1 Å². The van der Waals surface area contributed by atoms with Crippen molar-refractivity contribution in [1.82, 2.24) is 4.98 Å². The number of nitrogens with one attached hydrogen (secondary N) is 1. The van der Waals surface area contributed by atoms with Crippen LogP contribution in [0.3, 0.4) is 0 Å². The molecule has 33 heavy (non-hydrogen) atoms. The SMILES string of the molecule is [2H]c1cc(C)cc2c(C[C@@H](CS(=O)(=O)c3ccc(C#Cc4ccc(C)cc4)s3)C(=O)O)c[nH]c12. The van der Waals surface area contributed by atoms with Crippen molar-refractivity contribution in [2.45, 2.75) is 24.5 Å². The highest BCUT2D eigenvalue weighted by Gasteiger charge is 2.28. The number of aromatic nitrogens is 1. The fourth-order valence-electron chi connectivity index (χ4n) is 3.54. The Morgan fingerprint density at radius 3 is 2.61 bits per heavy atom. The highest BCUT2D eigenvalue weighted by Crippen LogP contribution is 2.27. The zero-order valence-electron chi connectivity index (χ0n) is 19.2. The smallest absolute Gasteiger partial charge is 0.307 e. The topological polar surface area (TPSA) is 87.2 Å². The van der Waals surface area contributed by atoms with Crippen LogP contribution in [0.5, 0.6) is 0 Å². The minimum Gasteiger partial charge on any atom is -0.481 e. The number of H-pyrrole nitrogens is 1. The molecule has 2 heterocycles. The van der Waals surface area contributed by atoms with E-state index >= 15 is 0 Å². The molecular weight excluding hydrogens is 454 g/mol. The first-order valence-electron chi connectivity index (χ1n) is 10.8. The number of carbonyl (C=O) groups is 1. The van der Waals surface area contributed by atoms with Crippen molar-refractivity contribution in [3.05, 3.63) is 87.9 Å². The summed E-state index contributed by atoms with van der Waals surface area (Å²) in [5.74, 6) is 3.19. The van der Waals surface area contributed by atoms with Gasteiger partial charge in [-0.25, -0.2) is 8.42 Å². The van der Waals surface area contributed by atoms with E-state index in [1.165, 1.54) is 6.07 Å². The minimum atomic E-state index is -3.82. The number of aromatic amines is 1. The molecule has 4 aromatic rings. The Morgan fingerprint density at radius 2 is 1.88 bits per heavy atom. The van der Waals surface area contributed by atoms with Gasteiger partial charge in [0.2, 0.25) is 0 Å². The van der Waals surface area contributed by atoms with Crippen molar-refractivity contribution in [3.8, 4) is 11.8 Å². The molecule has 5 nitrogen and oxygen atoms in total. The van der Waals surface area contributed by atoms with Gasteiger partial charge < -0.3 is 10.1 Å². The molecule has 2 aromatic carbocycles. The van der Waals surface area contributed by atoms with Crippen molar-refractivity contribution in [1.29, 1.82) is 0 Å². The summed E-state index contributed by atoms with van der Waals surface area (Å²) >= 11 is 1.04. The zero-order valence-corrected chi connectivity index (χ0v) is 19.8. The van der Waals surface area contributed by atoms with E-state index in [4.69, 9.17) is 1.37 Å². The first-order chi connectivity index (χ1) is 16.1. The summed E-state index contributed by atoms with van der Waals surface area (Å²) in [5.41, 5.74) is 4.15. The molecule has 0 fully saturated rings. The second-order valence-electron chi connectivity index (χ2n) is 8.04. The summed E-state index contributed by atoms with van der Waals surface area (Å²) in [6.07, 6.45) is 1.71. The fraction of sp³-hybridized carbons (Fsp3) is 0.192. The lowest BCUT2D eigenvalue weighted by Crippen LogP contribution is -2.25. The van der Waals surface area contributed by atoms with Crippen LogP contribution in [0.25, 0.3) is 10.9 Å². The third kappa shape index (κ3) is 5.36. The van der Waals surface area contributed by atoms with Gasteiger partial charge in [0.15, 0.2) is 9.84 Å². The van der Waals surface area contributed by atoms with Crippen LogP contribution in [0.4, 0.5) is 0 Å². The van der Waals surface area contributed by atoms with E-state index in [1.807, 2.05) is 44.2 Å². The molecule has 1 atom stereocenters. The van der Waals surface area contributed by atoms with Crippen LogP contribution in [-0.4, -0.2) is 30.2 Å². The highest BCUT2D eigenvalue weighted by atomic mass is 32.2. The molecule has 0 bridgehead atoms. The third-order valence-corrected chi connectivity index (χ3v) is 8.73. The number of thiophene rings is 1. The van der Waals surface area contributed by atoms with Gasteiger partial charge in [0, 0.05) is 22.7 Å². The molecule has 0 saturated carbocycles. The second kappa shape index (κ2) is 9.26. The Balaban J connectivity index is 1.54. The number of aliphatic carboxylic acids is 1. The van der Waals surface area contributed by atoms with Gasteiger partial charge in [0.25, 0.3) is 0 Å². The van der Waals surface area contributed by atoms with Crippen LogP contribution in [0.2, 0.25) is 0 Å². The van der Waals surface area contributed by atoms with Crippen LogP contribution in [0.15, 0.2) is 65.0 Å². The molecule has 0 spiro atoms. The molecule has 0 aliphatic rings. The fourth-order valence-corrected chi connectivity index (χ4v) is 6.34. The van der Waals surface area contributed by atoms with E-state index in [9.17, 15) is 18.3 Å². The number of aryl methyl sites for hydroxylation is 2. The van der Waals surface area contributed by atoms with Gasteiger partial charge >= 0.3 is 5.97 Å². The molecular formula is C26H23NO4S2. The van der Waals surface area contributed by atoms with E-state index in [2.05, 4.69) is 16.8 Å². The van der Waals surface area contributed by atoms with Crippen molar-refractivity contribution in [2.24, 2.45) is 5.92 Å². The average Bonchev–Trinajstić information content (AvgIpc) is 3.41. The number of hydrogen-bond donors (Lipinski definition) is 2. The number of sulfone groups is 1. The molecule has 2 aromatic heterocycles. The Morgan fingerprint density at radius 1 is 1.12 bits per heavy atom. The van der Waals surface area contributed by atoms with Crippen LogP contribution < -0.4 is 0 Å². The number of carboxylic acids is 1. The van der Waals surface area contributed by atoms with Gasteiger partial charge in [-0.1, -0.05) is 41.2 Å². The monoisotopic (exact) mass is 478 g/mol. The first kappa shape index (κ1) is 21.5. The Kier molecular flexibility index (Phi) is 6.03. The predicted molar refractivity (Wildman–Crippen MR) is 131 cm³/mol. The molecule has 0 saturated heterocycles. The number of rotatable bonds is 6. The molecule has 4 rings (SSSR count). The zero-order chi connectivity index (χ0) is 24.5. The van der Waals surface area contributed by atoms with Crippen LogP contribution in [0.1, 0.15) is 28.5 Å². The number of benzene rings is 2. The maximum Gasteiger partial charge on any atom is 0.307 e. The van der Waals surface area contributed by atoms with Crippen molar-refractivity contribution in [2.75, 3.05) is 5.75 Å². The molecule has 0 aliphatic carbocycles. The molecule has 2 N–H and O–H groups in total. The van der Waals surface area contributed by atoms with E-state index in [1.54, 1.807) is 18.3 Å². The van der Waals surface area contributed by atoms with E-state index < -0.39 is 27.5 Å². The summed E-state index contributed by atoms with van der Waals surface area (Å²) in [6.45, 7) is 3.85. The Hall–Kier alpha value is -3.34. The van der Waals surface area contributed by atoms with E-state index in [0.29, 0.717) is 22.0 Å². The Labute approximate surface area is 198 Å². The molecule has 0 unspecified atom stereocenters. The Bertz CT molecular complexity index is 1540. The standard InChI is InChI=1S/C26H23NO4S2/c1-17-3-6-19(7-4-17)8-9-22-10-12-25(32-22)33(30,31)16-21(26(28)29)14-20-15-27-24-11-5-18(2)13-23(20)24/h3-7,10-13,15,21,27H,14,16H2,1-2H3,(H,28,29)/t21-/m0/s1/i11D. The van der Waals surface area contributed by atoms with Gasteiger partial charge in [-0.2, -0.15) is 0 Å². The lowest BCUT2D eigenvalue weighted by Gasteiger charge is -2.12. The lowest BCUT2D eigenvalue weighted by atomic mass is 10.00. The van der Waals surface area contributed by atoms with Crippen LogP contribution in [0, 0.1) is 31.6 Å². The highest BCUT2D eigenvalue weighted by molar-refractivity contribution is 7.93. The summed E-state index contributed by atoms with van der Waals surface area (Å²) in [6, 6.07) is 14.8. The van der Waals surface area contributed by atoms with Gasteiger partial charge in [0.05, 0.1) is 17.9 Å².